The van der Waals surface area contributed by atoms with Gasteiger partial charge in [-0.25, -0.2) is 4.39 Å². The Morgan fingerprint density at radius 1 is 1.33 bits per heavy atom. The van der Waals surface area contributed by atoms with Crippen molar-refractivity contribution in [2.75, 3.05) is 5.32 Å². The highest BCUT2D eigenvalue weighted by atomic mass is 19.1. The maximum Gasteiger partial charge on any atom is 0.295 e. The van der Waals surface area contributed by atoms with Crippen LogP contribution in [-0.4, -0.2) is 22.2 Å². The lowest BCUT2D eigenvalue weighted by Gasteiger charge is -2.26. The summed E-state index contributed by atoms with van der Waals surface area (Å²) in [4.78, 5) is 10.2. The summed E-state index contributed by atoms with van der Waals surface area (Å²) in [5.74, 6) is -0.615. The fourth-order valence-electron chi connectivity index (χ4n) is 2.23. The Kier molecular flexibility index (Phi) is 3.76. The number of halogens is 1. The second kappa shape index (κ2) is 5.30. The highest BCUT2D eigenvalue weighted by Crippen LogP contribution is 2.30. The molecule has 0 radical (unpaired) electrons. The maximum absolute atomic E-state index is 13.6. The van der Waals surface area contributed by atoms with E-state index < -0.39 is 10.7 Å². The minimum atomic E-state index is -0.615. The van der Waals surface area contributed by atoms with Gasteiger partial charge in [-0.3, -0.25) is 10.1 Å². The molecule has 0 saturated heterocycles. The lowest BCUT2D eigenvalue weighted by Crippen LogP contribution is -2.28. The van der Waals surface area contributed by atoms with Gasteiger partial charge in [0.1, 0.15) is 5.69 Å². The lowest BCUT2D eigenvalue weighted by molar-refractivity contribution is -0.384. The summed E-state index contributed by atoms with van der Waals surface area (Å²) in [6, 6.07) is 3.78. The molecular weight excluding hydrogens is 239 g/mol. The van der Waals surface area contributed by atoms with E-state index in [0.29, 0.717) is 25.7 Å². The average molecular weight is 254 g/mol. The molecule has 1 fully saturated rings. The Morgan fingerprint density at radius 2 is 2.00 bits per heavy atom. The van der Waals surface area contributed by atoms with Crippen LogP contribution in [0.2, 0.25) is 0 Å². The summed E-state index contributed by atoms with van der Waals surface area (Å²) in [6.07, 6.45) is 2.35. The van der Waals surface area contributed by atoms with Gasteiger partial charge in [-0.15, -0.1) is 0 Å². The van der Waals surface area contributed by atoms with Gasteiger partial charge < -0.3 is 10.4 Å². The number of benzene rings is 1. The van der Waals surface area contributed by atoms with Crippen LogP contribution in [0.5, 0.6) is 0 Å². The third-order valence-electron chi connectivity index (χ3n) is 3.23. The summed E-state index contributed by atoms with van der Waals surface area (Å²) >= 11 is 0. The normalized spacial score (nSPS) is 23.7. The topological polar surface area (TPSA) is 75.4 Å². The second-order valence-electron chi connectivity index (χ2n) is 4.54. The van der Waals surface area contributed by atoms with Crippen molar-refractivity contribution in [1.29, 1.82) is 0 Å². The number of aliphatic hydroxyl groups excluding tert-OH is 1. The van der Waals surface area contributed by atoms with E-state index in [1.807, 2.05) is 0 Å². The molecule has 0 aliphatic heterocycles. The molecule has 0 unspecified atom stereocenters. The lowest BCUT2D eigenvalue weighted by atomic mass is 9.93. The first-order valence-corrected chi connectivity index (χ1v) is 5.95. The number of rotatable bonds is 3. The molecule has 0 aromatic heterocycles. The number of hydrogen-bond acceptors (Lipinski definition) is 4. The van der Waals surface area contributed by atoms with Gasteiger partial charge in [0.05, 0.1) is 11.0 Å². The molecule has 1 saturated carbocycles. The van der Waals surface area contributed by atoms with Crippen molar-refractivity contribution in [3.63, 3.8) is 0 Å². The number of nitro groups is 1. The first kappa shape index (κ1) is 12.8. The van der Waals surface area contributed by atoms with Crippen LogP contribution >= 0.6 is 0 Å². The van der Waals surface area contributed by atoms with E-state index in [0.717, 1.165) is 0 Å². The molecule has 0 atom stereocenters. The van der Waals surface area contributed by atoms with Gasteiger partial charge in [-0.1, -0.05) is 6.07 Å². The summed E-state index contributed by atoms with van der Waals surface area (Å²) in [5.41, 5.74) is -0.301. The van der Waals surface area contributed by atoms with Crippen LogP contribution in [0.25, 0.3) is 0 Å². The standard InChI is InChI=1S/C12H15FN2O3/c13-10-2-1-3-11(15(17)18)12(10)14-8-4-6-9(16)7-5-8/h1-3,8-9,14,16H,4-7H2/t8-,9-. The zero-order valence-corrected chi connectivity index (χ0v) is 9.80. The third kappa shape index (κ3) is 2.76. The van der Waals surface area contributed by atoms with Crippen molar-refractivity contribution in [3.05, 3.63) is 34.1 Å². The van der Waals surface area contributed by atoms with Crippen molar-refractivity contribution in [3.8, 4) is 0 Å². The highest BCUT2D eigenvalue weighted by Gasteiger charge is 2.24. The van der Waals surface area contributed by atoms with Crippen molar-refractivity contribution in [2.45, 2.75) is 37.8 Å². The van der Waals surface area contributed by atoms with Crippen LogP contribution in [0.1, 0.15) is 25.7 Å². The summed E-state index contributed by atoms with van der Waals surface area (Å²) in [6.45, 7) is 0. The maximum atomic E-state index is 13.6. The van der Waals surface area contributed by atoms with E-state index in [4.69, 9.17) is 0 Å². The highest BCUT2D eigenvalue weighted by molar-refractivity contribution is 5.62. The predicted molar refractivity (Wildman–Crippen MR) is 64.9 cm³/mol. The third-order valence-corrected chi connectivity index (χ3v) is 3.23. The largest absolute Gasteiger partial charge is 0.393 e. The number of para-hydroxylation sites is 1. The predicted octanol–water partition coefficient (Wildman–Crippen LogP) is 2.45. The van der Waals surface area contributed by atoms with Crippen molar-refractivity contribution in [2.24, 2.45) is 0 Å². The first-order chi connectivity index (χ1) is 8.58. The molecule has 2 N–H and O–H groups in total. The Balaban J connectivity index is 2.15. The van der Waals surface area contributed by atoms with Crippen LogP contribution in [-0.2, 0) is 0 Å². The second-order valence-corrected chi connectivity index (χ2v) is 4.54. The van der Waals surface area contributed by atoms with Crippen molar-refractivity contribution < 1.29 is 14.4 Å². The smallest absolute Gasteiger partial charge is 0.295 e. The number of aliphatic hydroxyl groups is 1. The molecule has 1 aliphatic rings. The first-order valence-electron chi connectivity index (χ1n) is 5.95. The van der Waals surface area contributed by atoms with Gasteiger partial charge in [-0.2, -0.15) is 0 Å². The molecule has 2 rings (SSSR count). The number of nitro benzene ring substituents is 1. The van der Waals surface area contributed by atoms with E-state index in [1.54, 1.807) is 0 Å². The Morgan fingerprint density at radius 3 is 2.61 bits per heavy atom. The molecule has 1 aromatic rings. The zero-order valence-electron chi connectivity index (χ0n) is 9.80. The Bertz CT molecular complexity index is 445. The van der Waals surface area contributed by atoms with Crippen LogP contribution in [0.15, 0.2) is 18.2 Å². The van der Waals surface area contributed by atoms with Crippen LogP contribution in [0.3, 0.4) is 0 Å². The minimum Gasteiger partial charge on any atom is -0.393 e. The van der Waals surface area contributed by atoms with Crippen molar-refractivity contribution in [1.82, 2.24) is 0 Å². The molecule has 1 aliphatic carbocycles. The molecule has 98 valence electrons. The molecule has 0 bridgehead atoms. The quantitative estimate of drug-likeness (QED) is 0.641. The number of anilines is 1. The van der Waals surface area contributed by atoms with Crippen molar-refractivity contribution >= 4 is 11.4 Å². The van der Waals surface area contributed by atoms with Gasteiger partial charge in [0.2, 0.25) is 0 Å². The fraction of sp³-hybridized carbons (Fsp3) is 0.500. The molecule has 0 heterocycles. The molecule has 0 amide bonds. The SMILES string of the molecule is O=[N+]([O-])c1cccc(F)c1N[C@H]1CC[C@H](O)CC1. The fourth-order valence-corrected chi connectivity index (χ4v) is 2.23. The van der Waals surface area contributed by atoms with E-state index in [-0.39, 0.29) is 23.5 Å². The van der Waals surface area contributed by atoms with E-state index in [9.17, 15) is 19.6 Å². The summed E-state index contributed by atoms with van der Waals surface area (Å²) < 4.78 is 13.6. The Hall–Kier alpha value is -1.69. The summed E-state index contributed by atoms with van der Waals surface area (Å²) in [7, 11) is 0. The van der Waals surface area contributed by atoms with Gasteiger partial charge in [-0.05, 0) is 31.7 Å². The monoisotopic (exact) mass is 254 g/mol. The number of hydrogen-bond donors (Lipinski definition) is 2. The van der Waals surface area contributed by atoms with Gasteiger partial charge in [0, 0.05) is 12.1 Å². The van der Waals surface area contributed by atoms with Gasteiger partial charge in [0.15, 0.2) is 5.82 Å². The minimum absolute atomic E-state index is 0.0241. The molecule has 1 aromatic carbocycles. The number of nitrogens with zero attached hydrogens (tertiary/aromatic N) is 1. The molecule has 5 nitrogen and oxygen atoms in total. The van der Waals surface area contributed by atoms with Crippen LogP contribution in [0, 0.1) is 15.9 Å². The van der Waals surface area contributed by atoms with E-state index in [2.05, 4.69) is 5.32 Å². The van der Waals surface area contributed by atoms with Crippen LogP contribution < -0.4 is 5.32 Å². The Labute approximate surface area is 104 Å². The summed E-state index contributed by atoms with van der Waals surface area (Å²) in [5, 5.41) is 23.1. The average Bonchev–Trinajstić information content (AvgIpc) is 2.34. The van der Waals surface area contributed by atoms with Gasteiger partial charge >= 0.3 is 0 Å². The van der Waals surface area contributed by atoms with Crippen LogP contribution in [0.4, 0.5) is 15.8 Å². The molecular formula is C12H15FN2O3. The zero-order chi connectivity index (χ0) is 13.1. The molecule has 18 heavy (non-hydrogen) atoms. The van der Waals surface area contributed by atoms with E-state index in [1.165, 1.54) is 18.2 Å². The number of nitrogens with one attached hydrogen (secondary N) is 1. The van der Waals surface area contributed by atoms with Gasteiger partial charge in [0.25, 0.3) is 5.69 Å². The van der Waals surface area contributed by atoms with E-state index >= 15 is 0 Å². The molecule has 0 spiro atoms. The molecule has 6 heteroatoms.